The first-order valence-electron chi connectivity index (χ1n) is 12.0. The number of halogens is 3. The van der Waals surface area contributed by atoms with Crippen LogP contribution in [0.2, 0.25) is 0 Å². The topological polar surface area (TPSA) is 64.4 Å². The van der Waals surface area contributed by atoms with Gasteiger partial charge in [-0.3, -0.25) is 0 Å². The summed E-state index contributed by atoms with van der Waals surface area (Å²) in [6, 6.07) is 17.5. The van der Waals surface area contributed by atoms with E-state index in [1.807, 2.05) is 51.1 Å². The number of rotatable bonds is 8. The van der Waals surface area contributed by atoms with Gasteiger partial charge in [0.1, 0.15) is 12.4 Å². The van der Waals surface area contributed by atoms with Crippen LogP contribution < -0.4 is 4.74 Å². The zero-order chi connectivity index (χ0) is 27.4. The number of carbonyl (C=O) groups is 1. The fourth-order valence-corrected chi connectivity index (χ4v) is 4.16. The Bertz CT molecular complexity index is 1490. The largest absolute Gasteiger partial charge is 0.487 e. The van der Waals surface area contributed by atoms with Gasteiger partial charge in [-0.05, 0) is 71.5 Å². The Morgan fingerprint density at radius 2 is 1.82 bits per heavy atom. The van der Waals surface area contributed by atoms with Gasteiger partial charge in [-0.25, -0.2) is 9.48 Å². The highest BCUT2D eigenvalue weighted by Crippen LogP contribution is 2.35. The minimum Gasteiger partial charge on any atom is -0.487 e. The molecule has 8 heteroatoms. The summed E-state index contributed by atoms with van der Waals surface area (Å²) in [6.07, 6.45) is 0.796. The fraction of sp³-hybridized carbons (Fsp3) is 0.200. The highest BCUT2D eigenvalue weighted by molar-refractivity contribution is 5.88. The number of carboxylic acids is 1. The Morgan fingerprint density at radius 3 is 2.50 bits per heavy atom. The Balaban J connectivity index is 1.57. The van der Waals surface area contributed by atoms with Gasteiger partial charge in [-0.2, -0.15) is 18.3 Å². The smallest absolute Gasteiger partial charge is 0.418 e. The number of aryl methyl sites for hydroxylation is 1. The third-order valence-corrected chi connectivity index (χ3v) is 6.17. The van der Waals surface area contributed by atoms with E-state index in [4.69, 9.17) is 4.74 Å². The molecule has 0 radical (unpaired) electrons. The average molecular weight is 521 g/mol. The van der Waals surface area contributed by atoms with Crippen molar-refractivity contribution in [2.75, 3.05) is 0 Å². The minimum atomic E-state index is -4.52. The van der Waals surface area contributed by atoms with Crippen molar-refractivity contribution in [1.29, 1.82) is 0 Å². The highest BCUT2D eigenvalue weighted by atomic mass is 19.4. The summed E-state index contributed by atoms with van der Waals surface area (Å²) in [5, 5.41) is 13.5. The molecule has 0 bridgehead atoms. The van der Waals surface area contributed by atoms with Gasteiger partial charge < -0.3 is 9.84 Å². The van der Waals surface area contributed by atoms with E-state index in [9.17, 15) is 23.1 Å². The summed E-state index contributed by atoms with van der Waals surface area (Å²) >= 11 is 0. The molecule has 0 fully saturated rings. The molecule has 38 heavy (non-hydrogen) atoms. The molecule has 1 aromatic heterocycles. The van der Waals surface area contributed by atoms with Crippen LogP contribution in [0.3, 0.4) is 0 Å². The first-order chi connectivity index (χ1) is 18.0. The van der Waals surface area contributed by atoms with Crippen LogP contribution in [-0.4, -0.2) is 20.9 Å². The van der Waals surface area contributed by atoms with Gasteiger partial charge in [0.05, 0.1) is 28.7 Å². The van der Waals surface area contributed by atoms with E-state index in [-0.39, 0.29) is 23.8 Å². The van der Waals surface area contributed by atoms with Crippen LogP contribution in [0.5, 0.6) is 5.75 Å². The monoisotopic (exact) mass is 520 g/mol. The van der Waals surface area contributed by atoms with Gasteiger partial charge >= 0.3 is 12.1 Å². The molecule has 5 nitrogen and oxygen atoms in total. The number of ether oxygens (including phenoxy) is 1. The molecule has 0 saturated heterocycles. The highest BCUT2D eigenvalue weighted by Gasteiger charge is 2.34. The molecule has 4 aromatic rings. The SMILES string of the molecule is Cc1cc(OCc2c(C(C)C)cnn2-c2ccccc2C(F)(F)F)ccc1C=Cc1cccc(C(=O)O)c1. The first-order valence-corrected chi connectivity index (χ1v) is 12.0. The zero-order valence-electron chi connectivity index (χ0n) is 21.2. The van der Waals surface area contributed by atoms with Gasteiger partial charge in [0, 0.05) is 0 Å². The summed E-state index contributed by atoms with van der Waals surface area (Å²) in [4.78, 5) is 11.2. The van der Waals surface area contributed by atoms with E-state index in [1.165, 1.54) is 22.9 Å². The summed E-state index contributed by atoms with van der Waals surface area (Å²) in [5.41, 5.74) is 3.37. The number of alkyl halides is 3. The molecule has 0 amide bonds. The molecule has 1 heterocycles. The van der Waals surface area contributed by atoms with Crippen molar-refractivity contribution in [2.45, 2.75) is 39.5 Å². The Morgan fingerprint density at radius 1 is 1.05 bits per heavy atom. The molecule has 0 spiro atoms. The van der Waals surface area contributed by atoms with Crippen LogP contribution >= 0.6 is 0 Å². The summed E-state index contributed by atoms with van der Waals surface area (Å²) in [6.45, 7) is 5.87. The second-order valence-electron chi connectivity index (χ2n) is 9.20. The summed E-state index contributed by atoms with van der Waals surface area (Å²) in [7, 11) is 0. The molecule has 0 aliphatic rings. The van der Waals surface area contributed by atoms with Crippen molar-refractivity contribution in [3.8, 4) is 11.4 Å². The van der Waals surface area contributed by atoms with Crippen molar-refractivity contribution in [1.82, 2.24) is 9.78 Å². The fourth-order valence-electron chi connectivity index (χ4n) is 4.16. The molecule has 0 atom stereocenters. The molecular formula is C30H27F3N2O3. The number of para-hydroxylation sites is 1. The minimum absolute atomic E-state index is 0.0364. The Labute approximate surface area is 218 Å². The van der Waals surface area contributed by atoms with Crippen LogP contribution in [0.25, 0.3) is 17.8 Å². The van der Waals surface area contributed by atoms with Gasteiger partial charge in [0.25, 0.3) is 0 Å². The molecule has 0 unspecified atom stereocenters. The van der Waals surface area contributed by atoms with Crippen molar-refractivity contribution in [3.63, 3.8) is 0 Å². The van der Waals surface area contributed by atoms with E-state index in [0.717, 1.165) is 28.3 Å². The number of aromatic nitrogens is 2. The number of nitrogens with zero attached hydrogens (tertiary/aromatic N) is 2. The number of carboxylic acid groups (broad SMARTS) is 1. The van der Waals surface area contributed by atoms with Crippen molar-refractivity contribution >= 4 is 18.1 Å². The van der Waals surface area contributed by atoms with Crippen LogP contribution in [0.4, 0.5) is 13.2 Å². The predicted octanol–water partition coefficient (Wildman–Crippen LogP) is 7.77. The van der Waals surface area contributed by atoms with E-state index in [1.54, 1.807) is 30.5 Å². The van der Waals surface area contributed by atoms with Gasteiger partial charge in [-0.1, -0.05) is 56.3 Å². The lowest BCUT2D eigenvalue weighted by atomic mass is 10.0. The van der Waals surface area contributed by atoms with Gasteiger partial charge in [-0.15, -0.1) is 0 Å². The van der Waals surface area contributed by atoms with Crippen molar-refractivity contribution in [2.24, 2.45) is 0 Å². The van der Waals surface area contributed by atoms with Crippen LogP contribution in [0, 0.1) is 6.92 Å². The van der Waals surface area contributed by atoms with Crippen molar-refractivity contribution in [3.05, 3.63) is 112 Å². The number of hydrogen-bond acceptors (Lipinski definition) is 3. The Hall–Kier alpha value is -4.33. The molecule has 3 aromatic carbocycles. The quantitative estimate of drug-likeness (QED) is 0.241. The van der Waals surface area contributed by atoms with Crippen LogP contribution in [-0.2, 0) is 12.8 Å². The maximum atomic E-state index is 13.7. The second kappa shape index (κ2) is 11.0. The van der Waals surface area contributed by atoms with Crippen LogP contribution in [0.15, 0.2) is 72.9 Å². The second-order valence-corrected chi connectivity index (χ2v) is 9.20. The molecule has 0 aliphatic heterocycles. The molecule has 1 N–H and O–H groups in total. The lowest BCUT2D eigenvalue weighted by Crippen LogP contribution is -2.14. The summed E-state index contributed by atoms with van der Waals surface area (Å²) < 4.78 is 48.4. The molecule has 0 aliphatic carbocycles. The lowest BCUT2D eigenvalue weighted by molar-refractivity contribution is -0.137. The van der Waals surface area contributed by atoms with Gasteiger partial charge in [0.15, 0.2) is 0 Å². The molecular weight excluding hydrogens is 493 g/mol. The average Bonchev–Trinajstić information content (AvgIpc) is 3.31. The van der Waals surface area contributed by atoms with Crippen LogP contribution in [0.1, 0.15) is 63.6 Å². The van der Waals surface area contributed by atoms with E-state index >= 15 is 0 Å². The van der Waals surface area contributed by atoms with E-state index < -0.39 is 17.7 Å². The van der Waals surface area contributed by atoms with Gasteiger partial charge in [0.2, 0.25) is 0 Å². The Kier molecular flexibility index (Phi) is 7.71. The third kappa shape index (κ3) is 5.96. The predicted molar refractivity (Wildman–Crippen MR) is 140 cm³/mol. The van der Waals surface area contributed by atoms with Crippen molar-refractivity contribution < 1.29 is 27.8 Å². The van der Waals surface area contributed by atoms with E-state index in [0.29, 0.717) is 11.4 Å². The maximum absolute atomic E-state index is 13.7. The lowest BCUT2D eigenvalue weighted by Gasteiger charge is -2.17. The third-order valence-electron chi connectivity index (χ3n) is 6.17. The normalized spacial score (nSPS) is 11.9. The number of benzene rings is 3. The zero-order valence-corrected chi connectivity index (χ0v) is 21.2. The molecule has 196 valence electrons. The first kappa shape index (κ1) is 26.7. The van der Waals surface area contributed by atoms with E-state index in [2.05, 4.69) is 5.10 Å². The molecule has 4 rings (SSSR count). The number of aromatic carboxylic acids is 1. The molecule has 0 saturated carbocycles. The number of hydrogen-bond donors (Lipinski definition) is 1. The maximum Gasteiger partial charge on any atom is 0.418 e. The standard InChI is InChI=1S/C30H27F3N2O3/c1-19(2)25-17-34-35(27-10-5-4-9-26(27)30(31,32)33)28(25)18-38-24-14-13-22(20(3)15-24)12-11-21-7-6-8-23(16-21)29(36)37/h4-17,19H,18H2,1-3H3,(H,36,37). The summed E-state index contributed by atoms with van der Waals surface area (Å²) in [5.74, 6) is -0.379.